The number of aromatic amines is 1. The molecule has 3 N–H and O–H groups in total. The number of H-pyrrole nitrogens is 1. The fourth-order valence-electron chi connectivity index (χ4n) is 3.60. The largest absolute Gasteiger partial charge is 0.372 e. The van der Waals surface area contributed by atoms with Crippen molar-refractivity contribution in [2.45, 2.75) is 26.1 Å². The van der Waals surface area contributed by atoms with E-state index in [0.717, 1.165) is 18.8 Å². The lowest BCUT2D eigenvalue weighted by atomic mass is 10.2. The number of aromatic nitrogens is 3. The van der Waals surface area contributed by atoms with Crippen LogP contribution in [0.15, 0.2) is 54.9 Å². The van der Waals surface area contributed by atoms with Gasteiger partial charge in [0.2, 0.25) is 0 Å². The number of hydrogen-bond acceptors (Lipinski definition) is 6. The molecule has 0 bridgehead atoms. The zero-order chi connectivity index (χ0) is 21.8. The van der Waals surface area contributed by atoms with Crippen LogP contribution in [0.25, 0.3) is 11.4 Å². The normalized spacial score (nSPS) is 18.5. The van der Waals surface area contributed by atoms with Gasteiger partial charge in [0.25, 0.3) is 0 Å². The first-order chi connectivity index (χ1) is 15.0. The van der Waals surface area contributed by atoms with Crippen LogP contribution in [0.4, 0.5) is 17.1 Å². The lowest BCUT2D eigenvalue weighted by Crippen LogP contribution is -2.45. The van der Waals surface area contributed by atoms with E-state index in [1.165, 1.54) is 6.20 Å². The van der Waals surface area contributed by atoms with Crippen molar-refractivity contribution in [2.24, 2.45) is 0 Å². The molecular weight excluding hydrogens is 396 g/mol. The van der Waals surface area contributed by atoms with Gasteiger partial charge in [0, 0.05) is 30.7 Å². The van der Waals surface area contributed by atoms with E-state index in [2.05, 4.69) is 44.6 Å². The van der Waals surface area contributed by atoms with E-state index in [-0.39, 0.29) is 12.2 Å². The summed E-state index contributed by atoms with van der Waals surface area (Å²) in [4.78, 5) is 31.2. The number of benzene rings is 1. The molecule has 2 amide bonds. The van der Waals surface area contributed by atoms with Crippen molar-refractivity contribution in [2.75, 3.05) is 28.6 Å². The SMILES string of the molecule is C[C@H]1CN(c2ccc(NC(=O)C(=O)Nc3cn[nH]c3-c3ccccn3)cc2)C[C@H](C)O1. The molecule has 1 aromatic carbocycles. The number of rotatable bonds is 4. The van der Waals surface area contributed by atoms with Gasteiger partial charge in [0.1, 0.15) is 5.69 Å². The molecule has 160 valence electrons. The van der Waals surface area contributed by atoms with Crippen LogP contribution >= 0.6 is 0 Å². The number of amides is 2. The Morgan fingerprint density at radius 3 is 2.42 bits per heavy atom. The number of nitrogens with one attached hydrogen (secondary N) is 3. The molecule has 4 rings (SSSR count). The van der Waals surface area contributed by atoms with Crippen LogP contribution in [0.2, 0.25) is 0 Å². The Balaban J connectivity index is 1.38. The number of anilines is 3. The number of morpholine rings is 1. The van der Waals surface area contributed by atoms with Crippen molar-refractivity contribution in [3.05, 3.63) is 54.9 Å². The maximum atomic E-state index is 12.4. The second-order valence-corrected chi connectivity index (χ2v) is 7.49. The molecular formula is C22H24N6O3. The lowest BCUT2D eigenvalue weighted by molar-refractivity contribution is -0.132. The number of hydrogen-bond donors (Lipinski definition) is 3. The molecule has 0 aliphatic carbocycles. The van der Waals surface area contributed by atoms with E-state index >= 15 is 0 Å². The molecule has 31 heavy (non-hydrogen) atoms. The molecule has 1 saturated heterocycles. The average molecular weight is 420 g/mol. The molecule has 3 heterocycles. The summed E-state index contributed by atoms with van der Waals surface area (Å²) >= 11 is 0. The minimum Gasteiger partial charge on any atom is -0.372 e. The minimum atomic E-state index is -0.793. The summed E-state index contributed by atoms with van der Waals surface area (Å²) < 4.78 is 5.77. The third-order valence-electron chi connectivity index (χ3n) is 4.92. The average Bonchev–Trinajstić information content (AvgIpc) is 3.22. The third-order valence-corrected chi connectivity index (χ3v) is 4.92. The van der Waals surface area contributed by atoms with E-state index in [1.807, 2.05) is 18.2 Å². The van der Waals surface area contributed by atoms with Gasteiger partial charge in [-0.3, -0.25) is 19.7 Å². The van der Waals surface area contributed by atoms with Gasteiger partial charge in [-0.1, -0.05) is 6.07 Å². The molecule has 9 heteroatoms. The number of nitrogens with zero attached hydrogens (tertiary/aromatic N) is 3. The first-order valence-corrected chi connectivity index (χ1v) is 10.1. The topological polar surface area (TPSA) is 112 Å². The molecule has 1 fully saturated rings. The van der Waals surface area contributed by atoms with Gasteiger partial charge < -0.3 is 20.3 Å². The zero-order valence-electron chi connectivity index (χ0n) is 17.3. The zero-order valence-corrected chi connectivity index (χ0v) is 17.3. The van der Waals surface area contributed by atoms with Crippen LogP contribution in [-0.4, -0.2) is 52.3 Å². The predicted molar refractivity (Wildman–Crippen MR) is 118 cm³/mol. The van der Waals surface area contributed by atoms with Crippen molar-refractivity contribution >= 4 is 28.9 Å². The summed E-state index contributed by atoms with van der Waals surface area (Å²) in [6.45, 7) is 5.72. The Labute approximate surface area is 179 Å². The lowest BCUT2D eigenvalue weighted by Gasteiger charge is -2.36. The Morgan fingerprint density at radius 1 is 1.03 bits per heavy atom. The summed E-state index contributed by atoms with van der Waals surface area (Å²) in [5.41, 5.74) is 3.10. The molecule has 1 aliphatic heterocycles. The first-order valence-electron chi connectivity index (χ1n) is 10.1. The van der Waals surface area contributed by atoms with Crippen LogP contribution in [0.1, 0.15) is 13.8 Å². The monoisotopic (exact) mass is 420 g/mol. The van der Waals surface area contributed by atoms with Crippen LogP contribution in [0.3, 0.4) is 0 Å². The fourth-order valence-corrected chi connectivity index (χ4v) is 3.60. The highest BCUT2D eigenvalue weighted by Crippen LogP contribution is 2.24. The van der Waals surface area contributed by atoms with Crippen molar-refractivity contribution in [1.82, 2.24) is 15.2 Å². The van der Waals surface area contributed by atoms with Gasteiger partial charge in [-0.15, -0.1) is 0 Å². The van der Waals surface area contributed by atoms with Crippen LogP contribution in [0, 0.1) is 0 Å². The van der Waals surface area contributed by atoms with E-state index < -0.39 is 11.8 Å². The fraction of sp³-hybridized carbons (Fsp3) is 0.273. The highest BCUT2D eigenvalue weighted by Gasteiger charge is 2.22. The molecule has 3 aromatic rings. The molecule has 0 unspecified atom stereocenters. The van der Waals surface area contributed by atoms with E-state index in [9.17, 15) is 9.59 Å². The van der Waals surface area contributed by atoms with Gasteiger partial charge in [0.05, 0.1) is 29.8 Å². The van der Waals surface area contributed by atoms with Gasteiger partial charge in [-0.05, 0) is 50.2 Å². The summed E-state index contributed by atoms with van der Waals surface area (Å²) in [6.07, 6.45) is 3.39. The van der Waals surface area contributed by atoms with Crippen molar-refractivity contribution in [1.29, 1.82) is 0 Å². The molecule has 0 spiro atoms. The highest BCUT2D eigenvalue weighted by atomic mass is 16.5. The molecule has 1 aliphatic rings. The molecule has 9 nitrogen and oxygen atoms in total. The second-order valence-electron chi connectivity index (χ2n) is 7.49. The van der Waals surface area contributed by atoms with Crippen molar-refractivity contribution in [3.8, 4) is 11.4 Å². The molecule has 2 aromatic heterocycles. The Hall–Kier alpha value is -3.72. The highest BCUT2D eigenvalue weighted by molar-refractivity contribution is 6.43. The van der Waals surface area contributed by atoms with Gasteiger partial charge >= 0.3 is 11.8 Å². The molecule has 0 radical (unpaired) electrons. The van der Waals surface area contributed by atoms with Crippen LogP contribution in [-0.2, 0) is 14.3 Å². The summed E-state index contributed by atoms with van der Waals surface area (Å²) in [5.74, 6) is -1.56. The maximum absolute atomic E-state index is 12.4. The number of carbonyl (C=O) groups excluding carboxylic acids is 2. The van der Waals surface area contributed by atoms with E-state index in [0.29, 0.717) is 22.8 Å². The van der Waals surface area contributed by atoms with Gasteiger partial charge in [0.15, 0.2) is 0 Å². The maximum Gasteiger partial charge on any atom is 0.314 e. The number of pyridine rings is 1. The van der Waals surface area contributed by atoms with Gasteiger partial charge in [-0.2, -0.15) is 5.10 Å². The Kier molecular flexibility index (Phi) is 5.94. The Morgan fingerprint density at radius 2 is 1.74 bits per heavy atom. The van der Waals surface area contributed by atoms with Crippen LogP contribution in [0.5, 0.6) is 0 Å². The molecule has 0 saturated carbocycles. The van der Waals surface area contributed by atoms with Crippen LogP contribution < -0.4 is 15.5 Å². The van der Waals surface area contributed by atoms with E-state index in [1.54, 1.807) is 30.5 Å². The van der Waals surface area contributed by atoms with Gasteiger partial charge in [-0.25, -0.2) is 0 Å². The summed E-state index contributed by atoms with van der Waals surface area (Å²) in [6, 6.07) is 12.8. The second kappa shape index (κ2) is 8.97. The first kappa shape index (κ1) is 20.5. The summed E-state index contributed by atoms with van der Waals surface area (Å²) in [7, 11) is 0. The standard InChI is InChI=1S/C22H24N6O3/c1-14-12-28(13-15(2)31-14)17-8-6-16(7-9-17)25-21(29)22(30)26-19-11-24-27-20(19)18-5-3-4-10-23-18/h3-11,14-15H,12-13H2,1-2H3,(H,24,27)(H,25,29)(H,26,30)/t14-,15-/m0/s1. The third kappa shape index (κ3) is 4.89. The summed E-state index contributed by atoms with van der Waals surface area (Å²) in [5, 5.41) is 11.9. The Bertz CT molecular complexity index is 1040. The van der Waals surface area contributed by atoms with E-state index in [4.69, 9.17) is 4.74 Å². The van der Waals surface area contributed by atoms with Crippen molar-refractivity contribution < 1.29 is 14.3 Å². The quantitative estimate of drug-likeness (QED) is 0.560. The predicted octanol–water partition coefficient (Wildman–Crippen LogP) is 2.66. The van der Waals surface area contributed by atoms with Crippen molar-refractivity contribution in [3.63, 3.8) is 0 Å². The molecule has 2 atom stereocenters. The smallest absolute Gasteiger partial charge is 0.314 e. The number of ether oxygens (including phenoxy) is 1. The minimum absolute atomic E-state index is 0.158. The number of carbonyl (C=O) groups is 2.